The highest BCUT2D eigenvalue weighted by Gasteiger charge is 2.32. The smallest absolute Gasteiger partial charge is 0.330 e. The largest absolute Gasteiger partial charge is 0.463 e. The van der Waals surface area contributed by atoms with Crippen LogP contribution in [0.25, 0.3) is 0 Å². The lowest BCUT2D eigenvalue weighted by molar-refractivity contribution is -0.137. The summed E-state index contributed by atoms with van der Waals surface area (Å²) >= 11 is 0. The van der Waals surface area contributed by atoms with Crippen molar-refractivity contribution >= 4 is 35.4 Å². The lowest BCUT2D eigenvalue weighted by Crippen LogP contribution is -2.57. The van der Waals surface area contributed by atoms with Crippen molar-refractivity contribution in [2.24, 2.45) is 17.8 Å². The molecule has 5 amide bonds. The molecule has 1 aliphatic heterocycles. The number of benzene rings is 1. The van der Waals surface area contributed by atoms with Gasteiger partial charge in [-0.3, -0.25) is 14.4 Å². The molecule has 0 unspecified atom stereocenters. The predicted octanol–water partition coefficient (Wildman–Crippen LogP) is 2.49. The maximum Gasteiger partial charge on any atom is 0.330 e. The second-order valence-electron chi connectivity index (χ2n) is 10.6. The summed E-state index contributed by atoms with van der Waals surface area (Å²) in [5.74, 6) is -2.10. The first kappa shape index (κ1) is 32.3. The Bertz CT molecular complexity index is 1040. The molecule has 11 nitrogen and oxygen atoms in total. The minimum absolute atomic E-state index is 0.0667. The Morgan fingerprint density at radius 2 is 1.73 bits per heavy atom. The average molecular weight is 558 g/mol. The van der Waals surface area contributed by atoms with Gasteiger partial charge in [-0.1, -0.05) is 52.0 Å². The third kappa shape index (κ3) is 11.1. The SMILES string of the molecule is CCOC(=O)/C=C/[C@H](C[C@@H]1CCNC1=O)NC(=O)[C@H](CC(C)C)NC(=O)[C@@H](NC(=O)Nc1ccccc1)C(C)C. The van der Waals surface area contributed by atoms with Crippen LogP contribution in [0.1, 0.15) is 53.9 Å². The number of rotatable bonds is 14. The molecule has 1 saturated heterocycles. The molecular formula is C29H43N5O6. The number of esters is 1. The molecule has 11 heteroatoms. The molecule has 0 aromatic heterocycles. The lowest BCUT2D eigenvalue weighted by atomic mass is 9.96. The van der Waals surface area contributed by atoms with E-state index in [0.29, 0.717) is 31.5 Å². The van der Waals surface area contributed by atoms with E-state index in [-0.39, 0.29) is 30.3 Å². The summed E-state index contributed by atoms with van der Waals surface area (Å²) in [6.07, 6.45) is 4.02. The summed E-state index contributed by atoms with van der Waals surface area (Å²) in [6, 6.07) is 5.89. The first-order valence-corrected chi connectivity index (χ1v) is 13.9. The van der Waals surface area contributed by atoms with Gasteiger partial charge in [0.1, 0.15) is 12.1 Å². The first-order chi connectivity index (χ1) is 19.0. The Morgan fingerprint density at radius 1 is 1.02 bits per heavy atom. The van der Waals surface area contributed by atoms with Crippen molar-refractivity contribution in [3.63, 3.8) is 0 Å². The lowest BCUT2D eigenvalue weighted by Gasteiger charge is -2.27. The van der Waals surface area contributed by atoms with Gasteiger partial charge in [-0.2, -0.15) is 0 Å². The van der Waals surface area contributed by atoms with Crippen LogP contribution in [-0.4, -0.2) is 61.0 Å². The third-order valence-electron chi connectivity index (χ3n) is 6.39. The highest BCUT2D eigenvalue weighted by atomic mass is 16.5. The van der Waals surface area contributed by atoms with Crippen molar-refractivity contribution in [2.45, 2.75) is 72.0 Å². The molecule has 4 atom stereocenters. The number of urea groups is 1. The highest BCUT2D eigenvalue weighted by Crippen LogP contribution is 2.18. The van der Waals surface area contributed by atoms with Crippen molar-refractivity contribution in [1.82, 2.24) is 21.3 Å². The molecule has 0 radical (unpaired) electrons. The van der Waals surface area contributed by atoms with Crippen LogP contribution in [0.3, 0.4) is 0 Å². The topological polar surface area (TPSA) is 155 Å². The molecule has 1 aromatic carbocycles. The zero-order valence-corrected chi connectivity index (χ0v) is 24.0. The van der Waals surface area contributed by atoms with E-state index in [1.54, 1.807) is 45.0 Å². The minimum Gasteiger partial charge on any atom is -0.463 e. The number of carbonyl (C=O) groups is 5. The Hall–Kier alpha value is -3.89. The van der Waals surface area contributed by atoms with Gasteiger partial charge in [0.15, 0.2) is 0 Å². The zero-order valence-electron chi connectivity index (χ0n) is 24.0. The molecule has 40 heavy (non-hydrogen) atoms. The molecule has 5 N–H and O–H groups in total. The quantitative estimate of drug-likeness (QED) is 0.175. The Morgan fingerprint density at radius 3 is 2.30 bits per heavy atom. The van der Waals surface area contributed by atoms with Crippen LogP contribution in [0.4, 0.5) is 10.5 Å². The van der Waals surface area contributed by atoms with E-state index >= 15 is 0 Å². The van der Waals surface area contributed by atoms with E-state index < -0.39 is 41.9 Å². The molecule has 2 rings (SSSR count). The molecule has 0 bridgehead atoms. The zero-order chi connectivity index (χ0) is 29.7. The van der Waals surface area contributed by atoms with Crippen LogP contribution < -0.4 is 26.6 Å². The van der Waals surface area contributed by atoms with Crippen molar-refractivity contribution in [1.29, 1.82) is 0 Å². The van der Waals surface area contributed by atoms with Crippen LogP contribution in [0.15, 0.2) is 42.5 Å². The summed E-state index contributed by atoms with van der Waals surface area (Å²) in [7, 11) is 0. The van der Waals surface area contributed by atoms with Crippen LogP contribution in [-0.2, 0) is 23.9 Å². The number of hydrogen-bond acceptors (Lipinski definition) is 6. The number of hydrogen-bond donors (Lipinski definition) is 5. The van der Waals surface area contributed by atoms with Gasteiger partial charge in [0, 0.05) is 30.3 Å². The molecule has 1 aliphatic rings. The molecule has 1 heterocycles. The van der Waals surface area contributed by atoms with Crippen molar-refractivity contribution < 1.29 is 28.7 Å². The number of amides is 5. The average Bonchev–Trinajstić information content (AvgIpc) is 3.29. The van der Waals surface area contributed by atoms with Gasteiger partial charge < -0.3 is 31.3 Å². The Balaban J connectivity index is 2.14. The fourth-order valence-electron chi connectivity index (χ4n) is 4.36. The second kappa shape index (κ2) is 16.3. The summed E-state index contributed by atoms with van der Waals surface area (Å²) in [4.78, 5) is 63.4. The summed E-state index contributed by atoms with van der Waals surface area (Å²) in [5, 5.41) is 13.9. The maximum absolute atomic E-state index is 13.4. The van der Waals surface area contributed by atoms with Crippen LogP contribution in [0, 0.1) is 17.8 Å². The van der Waals surface area contributed by atoms with Crippen LogP contribution in [0.2, 0.25) is 0 Å². The van der Waals surface area contributed by atoms with Gasteiger partial charge in [0.25, 0.3) is 0 Å². The van der Waals surface area contributed by atoms with E-state index in [1.165, 1.54) is 12.2 Å². The number of carbonyl (C=O) groups excluding carboxylic acids is 5. The van der Waals surface area contributed by atoms with E-state index in [4.69, 9.17) is 4.74 Å². The number of para-hydroxylation sites is 1. The fourth-order valence-corrected chi connectivity index (χ4v) is 4.36. The van der Waals surface area contributed by atoms with Gasteiger partial charge in [-0.25, -0.2) is 9.59 Å². The summed E-state index contributed by atoms with van der Waals surface area (Å²) < 4.78 is 4.94. The molecule has 1 aromatic rings. The van der Waals surface area contributed by atoms with Gasteiger partial charge in [0.2, 0.25) is 17.7 Å². The first-order valence-electron chi connectivity index (χ1n) is 13.9. The van der Waals surface area contributed by atoms with E-state index in [9.17, 15) is 24.0 Å². The molecular weight excluding hydrogens is 514 g/mol. The van der Waals surface area contributed by atoms with Crippen LogP contribution >= 0.6 is 0 Å². The van der Waals surface area contributed by atoms with Gasteiger partial charge in [0.05, 0.1) is 6.61 Å². The van der Waals surface area contributed by atoms with Gasteiger partial charge in [-0.15, -0.1) is 0 Å². The maximum atomic E-state index is 13.4. The van der Waals surface area contributed by atoms with E-state index in [0.717, 1.165) is 0 Å². The van der Waals surface area contributed by atoms with Crippen molar-refractivity contribution in [2.75, 3.05) is 18.5 Å². The normalized spacial score (nSPS) is 17.2. The number of nitrogens with one attached hydrogen (secondary N) is 5. The summed E-state index contributed by atoms with van der Waals surface area (Å²) in [6.45, 7) is 9.91. The molecule has 0 saturated carbocycles. The highest BCUT2D eigenvalue weighted by molar-refractivity contribution is 5.95. The third-order valence-corrected chi connectivity index (χ3v) is 6.39. The minimum atomic E-state index is -0.899. The molecule has 0 spiro atoms. The summed E-state index contributed by atoms with van der Waals surface area (Å²) in [5.41, 5.74) is 0.581. The number of ether oxygens (including phenoxy) is 1. The predicted molar refractivity (Wildman–Crippen MR) is 152 cm³/mol. The molecule has 1 fully saturated rings. The van der Waals surface area contributed by atoms with Gasteiger partial charge >= 0.3 is 12.0 Å². The second-order valence-corrected chi connectivity index (χ2v) is 10.6. The Labute approximate surface area is 236 Å². The van der Waals surface area contributed by atoms with Crippen LogP contribution in [0.5, 0.6) is 0 Å². The monoisotopic (exact) mass is 557 g/mol. The standard InChI is InChI=1S/C29H43N5O6/c1-6-40-24(35)13-12-22(17-20-14-15-30-26(20)36)31-27(37)23(16-18(2)3)33-28(38)25(19(4)5)34-29(39)32-21-10-8-7-9-11-21/h7-13,18-20,22-23,25H,6,14-17H2,1-5H3,(H,30,36)(H,31,37)(H,33,38)(H2,32,34,39)/b13-12+/t20-,22+,23-,25-/m0/s1. The number of anilines is 1. The van der Waals surface area contributed by atoms with Gasteiger partial charge in [-0.05, 0) is 50.2 Å². The fraction of sp³-hybridized carbons (Fsp3) is 0.552. The van der Waals surface area contributed by atoms with Crippen molar-refractivity contribution in [3.8, 4) is 0 Å². The van der Waals surface area contributed by atoms with E-state index in [2.05, 4.69) is 26.6 Å². The molecule has 220 valence electrons. The molecule has 0 aliphatic carbocycles. The van der Waals surface area contributed by atoms with E-state index in [1.807, 2.05) is 19.9 Å². The van der Waals surface area contributed by atoms with Crippen molar-refractivity contribution in [3.05, 3.63) is 42.5 Å². The Kier molecular flexibility index (Phi) is 13.1.